The molecule has 3 heteroatoms. The van der Waals surface area contributed by atoms with Crippen LogP contribution in [0.5, 0.6) is 0 Å². The number of nitrogens with zero attached hydrogens (tertiary/aromatic N) is 1. The number of benzene rings is 2. The average Bonchev–Trinajstić information content (AvgIpc) is 2.43. The van der Waals surface area contributed by atoms with Gasteiger partial charge in [-0.1, -0.05) is 52.3 Å². The van der Waals surface area contributed by atoms with Crippen LogP contribution in [0.15, 0.2) is 48.5 Å². The molecule has 0 radical (unpaired) electrons. The number of aryl methyl sites for hydroxylation is 1. The molecule has 0 bridgehead atoms. The lowest BCUT2D eigenvalue weighted by Gasteiger charge is -2.22. The van der Waals surface area contributed by atoms with Gasteiger partial charge in [-0.25, -0.2) is 4.39 Å². The van der Waals surface area contributed by atoms with E-state index in [2.05, 4.69) is 45.1 Å². The number of rotatable bonds is 6. The van der Waals surface area contributed by atoms with E-state index in [9.17, 15) is 4.39 Å². The zero-order chi connectivity index (χ0) is 14.4. The smallest absolute Gasteiger partial charge is 0.123 e. The molecule has 0 saturated carbocycles. The molecule has 0 aliphatic heterocycles. The molecular weight excluding hydrogens is 317 g/mol. The Labute approximate surface area is 128 Å². The van der Waals surface area contributed by atoms with Crippen molar-refractivity contribution in [3.63, 3.8) is 0 Å². The van der Waals surface area contributed by atoms with Gasteiger partial charge in [-0.3, -0.25) is 4.90 Å². The van der Waals surface area contributed by atoms with Crippen molar-refractivity contribution in [2.24, 2.45) is 0 Å². The number of halogens is 2. The molecule has 0 spiro atoms. The van der Waals surface area contributed by atoms with Gasteiger partial charge >= 0.3 is 0 Å². The highest BCUT2D eigenvalue weighted by atomic mass is 79.9. The Balaban J connectivity index is 2.09. The zero-order valence-corrected chi connectivity index (χ0v) is 13.2. The zero-order valence-electron chi connectivity index (χ0n) is 11.7. The van der Waals surface area contributed by atoms with E-state index in [-0.39, 0.29) is 5.82 Å². The second-order valence-electron chi connectivity index (χ2n) is 4.96. The van der Waals surface area contributed by atoms with Crippen molar-refractivity contribution >= 4 is 15.9 Å². The Bertz CT molecular complexity index is 542. The first-order valence-corrected chi connectivity index (χ1v) is 7.88. The highest BCUT2D eigenvalue weighted by molar-refractivity contribution is 9.09. The molecule has 106 valence electrons. The van der Waals surface area contributed by atoms with Crippen molar-refractivity contribution < 1.29 is 4.39 Å². The van der Waals surface area contributed by atoms with E-state index in [1.807, 2.05) is 19.1 Å². The third-order valence-electron chi connectivity index (χ3n) is 3.35. The molecular formula is C17H19BrFN. The standard InChI is InChI=1S/C17H19BrFN/c1-14-11-17(19)8-7-16(14)13-20(10-9-18)12-15-5-3-2-4-6-15/h2-8,11H,9-10,12-13H2,1H3. The van der Waals surface area contributed by atoms with Crippen molar-refractivity contribution in [3.05, 3.63) is 71.0 Å². The van der Waals surface area contributed by atoms with E-state index in [0.29, 0.717) is 0 Å². The molecule has 0 unspecified atom stereocenters. The molecule has 1 nitrogen and oxygen atoms in total. The minimum absolute atomic E-state index is 0.165. The van der Waals surface area contributed by atoms with Crippen LogP contribution in [0.25, 0.3) is 0 Å². The van der Waals surface area contributed by atoms with Crippen LogP contribution in [0.4, 0.5) is 4.39 Å². The highest BCUT2D eigenvalue weighted by Gasteiger charge is 2.08. The molecule has 2 rings (SSSR count). The van der Waals surface area contributed by atoms with Crippen LogP contribution in [0.2, 0.25) is 0 Å². The van der Waals surface area contributed by atoms with Crippen molar-refractivity contribution in [1.82, 2.24) is 4.90 Å². The van der Waals surface area contributed by atoms with Gasteiger partial charge in [-0.05, 0) is 35.7 Å². The van der Waals surface area contributed by atoms with E-state index in [1.54, 1.807) is 6.07 Å². The molecule has 0 aliphatic rings. The summed E-state index contributed by atoms with van der Waals surface area (Å²) in [6.45, 7) is 4.68. The van der Waals surface area contributed by atoms with E-state index in [1.165, 1.54) is 17.2 Å². The number of alkyl halides is 1. The van der Waals surface area contributed by atoms with Crippen LogP contribution in [-0.2, 0) is 13.1 Å². The van der Waals surface area contributed by atoms with Crippen LogP contribution in [0, 0.1) is 12.7 Å². The lowest BCUT2D eigenvalue weighted by molar-refractivity contribution is 0.274. The van der Waals surface area contributed by atoms with Crippen molar-refractivity contribution in [2.75, 3.05) is 11.9 Å². The van der Waals surface area contributed by atoms with Crippen molar-refractivity contribution in [3.8, 4) is 0 Å². The molecule has 2 aromatic rings. The molecule has 0 fully saturated rings. The predicted octanol–water partition coefficient (Wildman–Crippen LogP) is 4.53. The van der Waals surface area contributed by atoms with Gasteiger partial charge in [0.1, 0.15) is 5.82 Å². The summed E-state index contributed by atoms with van der Waals surface area (Å²) < 4.78 is 13.2. The van der Waals surface area contributed by atoms with Crippen molar-refractivity contribution in [2.45, 2.75) is 20.0 Å². The van der Waals surface area contributed by atoms with E-state index >= 15 is 0 Å². The number of hydrogen-bond donors (Lipinski definition) is 0. The van der Waals surface area contributed by atoms with E-state index in [0.717, 1.165) is 30.5 Å². The SMILES string of the molecule is Cc1cc(F)ccc1CN(CCBr)Cc1ccccc1. The molecule has 2 aromatic carbocycles. The summed E-state index contributed by atoms with van der Waals surface area (Å²) in [6, 6.07) is 15.5. The first kappa shape index (κ1) is 15.2. The largest absolute Gasteiger partial charge is 0.294 e. The Morgan fingerprint density at radius 2 is 1.80 bits per heavy atom. The molecule has 0 atom stereocenters. The third kappa shape index (κ3) is 4.43. The van der Waals surface area contributed by atoms with Crippen LogP contribution in [0.1, 0.15) is 16.7 Å². The Morgan fingerprint density at radius 1 is 1.05 bits per heavy atom. The molecule has 0 heterocycles. The number of hydrogen-bond acceptors (Lipinski definition) is 1. The second-order valence-corrected chi connectivity index (χ2v) is 5.75. The molecule has 0 aromatic heterocycles. The first-order valence-electron chi connectivity index (χ1n) is 6.76. The topological polar surface area (TPSA) is 3.24 Å². The summed E-state index contributed by atoms with van der Waals surface area (Å²) in [5, 5.41) is 0.931. The lowest BCUT2D eigenvalue weighted by atomic mass is 10.1. The Morgan fingerprint density at radius 3 is 2.45 bits per heavy atom. The quantitative estimate of drug-likeness (QED) is 0.701. The second kappa shape index (κ2) is 7.55. The molecule has 20 heavy (non-hydrogen) atoms. The predicted molar refractivity (Wildman–Crippen MR) is 85.5 cm³/mol. The van der Waals surface area contributed by atoms with Gasteiger partial charge in [0.25, 0.3) is 0 Å². The molecule has 0 saturated heterocycles. The molecule has 0 aliphatic carbocycles. The fraction of sp³-hybridized carbons (Fsp3) is 0.294. The summed E-state index contributed by atoms with van der Waals surface area (Å²) in [7, 11) is 0. The molecule has 0 N–H and O–H groups in total. The first-order chi connectivity index (χ1) is 9.69. The Hall–Kier alpha value is -1.19. The summed E-state index contributed by atoms with van der Waals surface area (Å²) in [5.74, 6) is -0.165. The fourth-order valence-electron chi connectivity index (χ4n) is 2.25. The maximum Gasteiger partial charge on any atom is 0.123 e. The van der Waals surface area contributed by atoms with Crippen molar-refractivity contribution in [1.29, 1.82) is 0 Å². The average molecular weight is 336 g/mol. The minimum Gasteiger partial charge on any atom is -0.294 e. The van der Waals surface area contributed by atoms with Gasteiger partial charge in [0, 0.05) is 25.0 Å². The summed E-state index contributed by atoms with van der Waals surface area (Å²) in [6.07, 6.45) is 0. The van der Waals surface area contributed by atoms with Crippen LogP contribution < -0.4 is 0 Å². The van der Waals surface area contributed by atoms with Gasteiger partial charge in [-0.2, -0.15) is 0 Å². The van der Waals surface area contributed by atoms with Crippen LogP contribution in [-0.4, -0.2) is 16.8 Å². The lowest BCUT2D eigenvalue weighted by Crippen LogP contribution is -2.25. The third-order valence-corrected chi connectivity index (χ3v) is 3.70. The minimum atomic E-state index is -0.165. The maximum atomic E-state index is 13.2. The molecule has 0 amide bonds. The van der Waals surface area contributed by atoms with E-state index < -0.39 is 0 Å². The van der Waals surface area contributed by atoms with Gasteiger partial charge in [-0.15, -0.1) is 0 Å². The van der Waals surface area contributed by atoms with Crippen LogP contribution >= 0.6 is 15.9 Å². The highest BCUT2D eigenvalue weighted by Crippen LogP contribution is 2.15. The Kier molecular flexibility index (Phi) is 5.74. The summed E-state index contributed by atoms with van der Waals surface area (Å²) in [4.78, 5) is 2.37. The van der Waals surface area contributed by atoms with Gasteiger partial charge in [0.05, 0.1) is 0 Å². The summed E-state index contributed by atoms with van der Waals surface area (Å²) in [5.41, 5.74) is 3.49. The van der Waals surface area contributed by atoms with E-state index in [4.69, 9.17) is 0 Å². The normalized spacial score (nSPS) is 11.0. The van der Waals surface area contributed by atoms with Gasteiger partial charge < -0.3 is 0 Å². The summed E-state index contributed by atoms with van der Waals surface area (Å²) >= 11 is 3.51. The van der Waals surface area contributed by atoms with Gasteiger partial charge in [0.15, 0.2) is 0 Å². The van der Waals surface area contributed by atoms with Crippen LogP contribution in [0.3, 0.4) is 0 Å². The monoisotopic (exact) mass is 335 g/mol. The maximum absolute atomic E-state index is 13.2. The van der Waals surface area contributed by atoms with Gasteiger partial charge in [0.2, 0.25) is 0 Å². The fourth-order valence-corrected chi connectivity index (χ4v) is 2.75.